The van der Waals surface area contributed by atoms with Crippen molar-refractivity contribution in [1.82, 2.24) is 5.32 Å². The van der Waals surface area contributed by atoms with Crippen molar-refractivity contribution in [2.24, 2.45) is 5.92 Å². The molecular weight excluding hydrogens is 150 g/mol. The molecule has 0 aliphatic heterocycles. The topological polar surface area (TPSA) is 29.1 Å². The van der Waals surface area contributed by atoms with Gasteiger partial charge in [0.2, 0.25) is 5.91 Å². The van der Waals surface area contributed by atoms with Gasteiger partial charge in [0.05, 0.1) is 0 Å². The van der Waals surface area contributed by atoms with E-state index in [-0.39, 0.29) is 11.8 Å². The van der Waals surface area contributed by atoms with Gasteiger partial charge in [-0.2, -0.15) is 0 Å². The van der Waals surface area contributed by atoms with E-state index >= 15 is 0 Å². The van der Waals surface area contributed by atoms with Gasteiger partial charge in [-0.1, -0.05) is 40.0 Å². The molecule has 0 saturated heterocycles. The molecule has 1 amide bonds. The van der Waals surface area contributed by atoms with Gasteiger partial charge in [-0.25, -0.2) is 0 Å². The monoisotopic (exact) mass is 171 g/mol. The lowest BCUT2D eigenvalue weighted by Crippen LogP contribution is -2.28. The third-order valence-corrected chi connectivity index (χ3v) is 1.85. The molecule has 0 fully saturated rings. The highest BCUT2D eigenvalue weighted by Gasteiger charge is 2.03. The fourth-order valence-corrected chi connectivity index (χ4v) is 0.967. The Hall–Kier alpha value is -0.530. The van der Waals surface area contributed by atoms with Gasteiger partial charge in [0.1, 0.15) is 0 Å². The number of rotatable bonds is 6. The minimum atomic E-state index is 0.121. The van der Waals surface area contributed by atoms with Gasteiger partial charge in [-0.3, -0.25) is 4.79 Å². The third-order valence-electron chi connectivity index (χ3n) is 1.85. The van der Waals surface area contributed by atoms with Crippen LogP contribution in [0.2, 0.25) is 0 Å². The Kier molecular flexibility index (Phi) is 6.82. The van der Waals surface area contributed by atoms with E-state index in [0.29, 0.717) is 0 Å². The lowest BCUT2D eigenvalue weighted by atomic mass is 10.2. The van der Waals surface area contributed by atoms with Crippen molar-refractivity contribution in [3.8, 4) is 0 Å². The van der Waals surface area contributed by atoms with Crippen LogP contribution in [0, 0.1) is 5.92 Å². The Balaban J connectivity index is 3.14. The second kappa shape index (κ2) is 7.14. The molecule has 0 saturated carbocycles. The molecule has 0 heterocycles. The fraction of sp³-hybridized carbons (Fsp3) is 0.900. The first-order chi connectivity index (χ1) is 5.68. The molecule has 0 unspecified atom stereocenters. The second-order valence-corrected chi connectivity index (χ2v) is 3.51. The van der Waals surface area contributed by atoms with E-state index in [1.807, 2.05) is 13.8 Å². The molecule has 0 spiro atoms. The van der Waals surface area contributed by atoms with Crippen LogP contribution < -0.4 is 5.32 Å². The number of hydrogen-bond acceptors (Lipinski definition) is 1. The van der Waals surface area contributed by atoms with Gasteiger partial charge in [-0.15, -0.1) is 0 Å². The molecule has 12 heavy (non-hydrogen) atoms. The van der Waals surface area contributed by atoms with Gasteiger partial charge in [0.25, 0.3) is 0 Å². The van der Waals surface area contributed by atoms with Gasteiger partial charge in [0.15, 0.2) is 0 Å². The Morgan fingerprint density at radius 2 is 1.92 bits per heavy atom. The Bertz CT molecular complexity index is 121. The summed E-state index contributed by atoms with van der Waals surface area (Å²) in [6.45, 7) is 6.87. The summed E-state index contributed by atoms with van der Waals surface area (Å²) in [6.07, 6.45) is 4.87. The smallest absolute Gasteiger partial charge is 0.222 e. The molecular formula is C10H21NO. The van der Waals surface area contributed by atoms with Crippen molar-refractivity contribution in [1.29, 1.82) is 0 Å². The maximum Gasteiger partial charge on any atom is 0.222 e. The van der Waals surface area contributed by atoms with E-state index in [0.717, 1.165) is 13.0 Å². The van der Waals surface area contributed by atoms with E-state index < -0.39 is 0 Å². The standard InChI is InChI=1S/C10H21NO/c1-4-5-6-7-8-11-10(12)9(2)3/h9H,4-8H2,1-3H3,(H,11,12). The molecule has 0 bridgehead atoms. The molecule has 2 nitrogen and oxygen atoms in total. The quantitative estimate of drug-likeness (QED) is 0.611. The van der Waals surface area contributed by atoms with Crippen LogP contribution in [0.15, 0.2) is 0 Å². The van der Waals surface area contributed by atoms with Crippen LogP contribution in [0.4, 0.5) is 0 Å². The first kappa shape index (κ1) is 11.5. The van der Waals surface area contributed by atoms with E-state index in [2.05, 4.69) is 12.2 Å². The van der Waals surface area contributed by atoms with Crippen LogP contribution in [0.25, 0.3) is 0 Å². The fourth-order valence-electron chi connectivity index (χ4n) is 0.967. The van der Waals surface area contributed by atoms with E-state index in [1.54, 1.807) is 0 Å². The summed E-state index contributed by atoms with van der Waals surface area (Å²) in [4.78, 5) is 11.1. The summed E-state index contributed by atoms with van der Waals surface area (Å²) < 4.78 is 0. The molecule has 72 valence electrons. The highest BCUT2D eigenvalue weighted by molar-refractivity contribution is 5.77. The number of amides is 1. The summed E-state index contributed by atoms with van der Waals surface area (Å²) in [5.74, 6) is 0.294. The Morgan fingerprint density at radius 3 is 2.42 bits per heavy atom. The first-order valence-corrected chi connectivity index (χ1v) is 4.96. The maximum absolute atomic E-state index is 11.1. The normalized spacial score (nSPS) is 10.3. The summed E-state index contributed by atoms with van der Waals surface area (Å²) in [6, 6.07) is 0. The highest BCUT2D eigenvalue weighted by Crippen LogP contribution is 1.97. The zero-order valence-electron chi connectivity index (χ0n) is 8.52. The van der Waals surface area contributed by atoms with Crippen molar-refractivity contribution in [2.75, 3.05) is 6.54 Å². The number of unbranched alkanes of at least 4 members (excludes halogenated alkanes) is 3. The minimum absolute atomic E-state index is 0.121. The highest BCUT2D eigenvalue weighted by atomic mass is 16.1. The predicted octanol–water partition coefficient (Wildman–Crippen LogP) is 2.34. The number of carbonyl (C=O) groups is 1. The average Bonchev–Trinajstić information content (AvgIpc) is 2.03. The van der Waals surface area contributed by atoms with Crippen molar-refractivity contribution in [2.45, 2.75) is 46.5 Å². The number of nitrogens with one attached hydrogen (secondary N) is 1. The van der Waals surface area contributed by atoms with Crippen LogP contribution in [0.1, 0.15) is 46.5 Å². The van der Waals surface area contributed by atoms with Crippen LogP contribution in [-0.4, -0.2) is 12.5 Å². The molecule has 0 aromatic carbocycles. The SMILES string of the molecule is CCCCCCNC(=O)C(C)C. The molecule has 0 aromatic rings. The zero-order chi connectivity index (χ0) is 9.40. The zero-order valence-corrected chi connectivity index (χ0v) is 8.52. The van der Waals surface area contributed by atoms with Crippen molar-refractivity contribution < 1.29 is 4.79 Å². The van der Waals surface area contributed by atoms with Crippen LogP contribution in [0.5, 0.6) is 0 Å². The van der Waals surface area contributed by atoms with Crippen LogP contribution >= 0.6 is 0 Å². The molecule has 0 atom stereocenters. The molecule has 0 radical (unpaired) electrons. The first-order valence-electron chi connectivity index (χ1n) is 4.96. The summed E-state index contributed by atoms with van der Waals surface area (Å²) >= 11 is 0. The molecule has 1 N–H and O–H groups in total. The third kappa shape index (κ3) is 6.20. The Morgan fingerprint density at radius 1 is 1.25 bits per heavy atom. The maximum atomic E-state index is 11.1. The molecule has 0 aliphatic carbocycles. The molecule has 2 heteroatoms. The van der Waals surface area contributed by atoms with Gasteiger partial charge < -0.3 is 5.32 Å². The van der Waals surface area contributed by atoms with Crippen molar-refractivity contribution >= 4 is 5.91 Å². The predicted molar refractivity (Wildman–Crippen MR) is 52.0 cm³/mol. The van der Waals surface area contributed by atoms with Gasteiger partial charge in [-0.05, 0) is 6.42 Å². The molecule has 0 aromatic heterocycles. The minimum Gasteiger partial charge on any atom is -0.356 e. The number of hydrogen-bond donors (Lipinski definition) is 1. The van der Waals surface area contributed by atoms with Crippen molar-refractivity contribution in [3.05, 3.63) is 0 Å². The van der Waals surface area contributed by atoms with Crippen LogP contribution in [-0.2, 0) is 4.79 Å². The lowest BCUT2D eigenvalue weighted by Gasteiger charge is -2.06. The average molecular weight is 171 g/mol. The van der Waals surface area contributed by atoms with Gasteiger partial charge >= 0.3 is 0 Å². The molecule has 0 aliphatic rings. The summed E-state index contributed by atoms with van der Waals surface area (Å²) in [5.41, 5.74) is 0. The van der Waals surface area contributed by atoms with E-state index in [4.69, 9.17) is 0 Å². The van der Waals surface area contributed by atoms with Gasteiger partial charge in [0, 0.05) is 12.5 Å². The summed E-state index contributed by atoms with van der Waals surface area (Å²) in [5, 5.41) is 2.90. The lowest BCUT2D eigenvalue weighted by molar-refractivity contribution is -0.123. The molecule has 0 rings (SSSR count). The second-order valence-electron chi connectivity index (χ2n) is 3.51. The van der Waals surface area contributed by atoms with E-state index in [1.165, 1.54) is 19.3 Å². The largest absolute Gasteiger partial charge is 0.356 e. The Labute approximate surface area is 75.7 Å². The van der Waals surface area contributed by atoms with E-state index in [9.17, 15) is 4.79 Å². The van der Waals surface area contributed by atoms with Crippen molar-refractivity contribution in [3.63, 3.8) is 0 Å². The number of carbonyl (C=O) groups excluding carboxylic acids is 1. The summed E-state index contributed by atoms with van der Waals surface area (Å²) in [7, 11) is 0. The van der Waals surface area contributed by atoms with Crippen LogP contribution in [0.3, 0.4) is 0 Å².